The van der Waals surface area contributed by atoms with Crippen LogP contribution in [-0.4, -0.2) is 18.7 Å². The van der Waals surface area contributed by atoms with Gasteiger partial charge in [0.05, 0.1) is 6.10 Å². The standard InChI is InChI=1S/C9H13NO/c1-10-7-9(11)8-5-3-2-4-6-8/h2-6,9-11H,7H2,1H3/t9-/m0/s1. The molecule has 1 rings (SSSR count). The number of likely N-dealkylation sites (N-methyl/N-ethyl adjacent to an activating group) is 1. The molecular weight excluding hydrogens is 138 g/mol. The van der Waals surface area contributed by atoms with Crippen molar-refractivity contribution >= 4 is 0 Å². The van der Waals surface area contributed by atoms with E-state index in [1.807, 2.05) is 37.4 Å². The van der Waals surface area contributed by atoms with Gasteiger partial charge in [-0.2, -0.15) is 0 Å². The minimum absolute atomic E-state index is 0.388. The van der Waals surface area contributed by atoms with Crippen molar-refractivity contribution in [2.75, 3.05) is 13.6 Å². The zero-order valence-corrected chi connectivity index (χ0v) is 6.62. The predicted octanol–water partition coefficient (Wildman–Crippen LogP) is 0.939. The average molecular weight is 151 g/mol. The maximum absolute atomic E-state index is 9.46. The van der Waals surface area contributed by atoms with E-state index in [-0.39, 0.29) is 6.10 Å². The van der Waals surface area contributed by atoms with E-state index in [2.05, 4.69) is 5.32 Å². The molecule has 0 aliphatic rings. The van der Waals surface area contributed by atoms with E-state index in [1.54, 1.807) is 0 Å². The second kappa shape index (κ2) is 4.11. The van der Waals surface area contributed by atoms with Crippen LogP contribution in [0.25, 0.3) is 0 Å². The van der Waals surface area contributed by atoms with Crippen LogP contribution >= 0.6 is 0 Å². The quantitative estimate of drug-likeness (QED) is 0.673. The minimum atomic E-state index is -0.388. The van der Waals surface area contributed by atoms with Crippen LogP contribution in [-0.2, 0) is 0 Å². The lowest BCUT2D eigenvalue weighted by Crippen LogP contribution is -2.16. The van der Waals surface area contributed by atoms with Crippen LogP contribution in [0.2, 0.25) is 0 Å². The van der Waals surface area contributed by atoms with Gasteiger partial charge in [0.1, 0.15) is 0 Å². The molecule has 2 nitrogen and oxygen atoms in total. The van der Waals surface area contributed by atoms with Gasteiger partial charge in [-0.15, -0.1) is 0 Å². The van der Waals surface area contributed by atoms with Crippen molar-refractivity contribution in [3.05, 3.63) is 35.9 Å². The van der Waals surface area contributed by atoms with Gasteiger partial charge in [0.15, 0.2) is 0 Å². The summed E-state index contributed by atoms with van der Waals surface area (Å²) in [4.78, 5) is 0. The first-order valence-electron chi connectivity index (χ1n) is 3.72. The molecule has 0 unspecified atom stereocenters. The molecule has 11 heavy (non-hydrogen) atoms. The van der Waals surface area contributed by atoms with Crippen LogP contribution in [0.3, 0.4) is 0 Å². The molecule has 1 aromatic carbocycles. The summed E-state index contributed by atoms with van der Waals surface area (Å²) >= 11 is 0. The van der Waals surface area contributed by atoms with Gasteiger partial charge in [0.25, 0.3) is 0 Å². The lowest BCUT2D eigenvalue weighted by molar-refractivity contribution is 0.178. The Balaban J connectivity index is 2.61. The average Bonchev–Trinajstić information content (AvgIpc) is 2.07. The maximum Gasteiger partial charge on any atom is 0.0914 e. The number of hydrogen-bond donors (Lipinski definition) is 2. The minimum Gasteiger partial charge on any atom is -0.387 e. The highest BCUT2D eigenvalue weighted by molar-refractivity contribution is 5.17. The van der Waals surface area contributed by atoms with E-state index < -0.39 is 0 Å². The molecule has 2 heteroatoms. The first-order chi connectivity index (χ1) is 5.34. The number of hydrogen-bond acceptors (Lipinski definition) is 2. The molecule has 1 atom stereocenters. The van der Waals surface area contributed by atoms with Crippen molar-refractivity contribution in [2.45, 2.75) is 6.10 Å². The molecule has 0 spiro atoms. The third-order valence-corrected chi connectivity index (χ3v) is 1.58. The fourth-order valence-corrected chi connectivity index (χ4v) is 0.986. The van der Waals surface area contributed by atoms with Gasteiger partial charge < -0.3 is 10.4 Å². The van der Waals surface area contributed by atoms with Crippen molar-refractivity contribution in [2.24, 2.45) is 0 Å². The number of aliphatic hydroxyl groups excluding tert-OH is 1. The largest absolute Gasteiger partial charge is 0.387 e. The first-order valence-corrected chi connectivity index (χ1v) is 3.72. The van der Waals surface area contributed by atoms with Crippen LogP contribution in [0, 0.1) is 0 Å². The summed E-state index contributed by atoms with van der Waals surface area (Å²) in [5.41, 5.74) is 0.960. The molecule has 0 bridgehead atoms. The van der Waals surface area contributed by atoms with Gasteiger partial charge in [-0.05, 0) is 12.6 Å². The summed E-state index contributed by atoms with van der Waals surface area (Å²) in [6.45, 7) is 0.601. The summed E-state index contributed by atoms with van der Waals surface area (Å²) in [7, 11) is 1.83. The van der Waals surface area contributed by atoms with Crippen LogP contribution in [0.4, 0.5) is 0 Å². The third-order valence-electron chi connectivity index (χ3n) is 1.58. The second-order valence-electron chi connectivity index (χ2n) is 2.48. The lowest BCUT2D eigenvalue weighted by atomic mass is 10.1. The molecule has 1 aromatic rings. The second-order valence-corrected chi connectivity index (χ2v) is 2.48. The molecule has 0 saturated carbocycles. The zero-order chi connectivity index (χ0) is 8.10. The summed E-state index contributed by atoms with van der Waals surface area (Å²) < 4.78 is 0. The van der Waals surface area contributed by atoms with Crippen LogP contribution in [0.1, 0.15) is 11.7 Å². The van der Waals surface area contributed by atoms with Gasteiger partial charge in [-0.3, -0.25) is 0 Å². The van der Waals surface area contributed by atoms with Crippen molar-refractivity contribution in [3.8, 4) is 0 Å². The van der Waals surface area contributed by atoms with Gasteiger partial charge in [-0.1, -0.05) is 30.3 Å². The molecule has 2 N–H and O–H groups in total. The van der Waals surface area contributed by atoms with Gasteiger partial charge in [0, 0.05) is 6.54 Å². The molecule has 0 aromatic heterocycles. The van der Waals surface area contributed by atoms with Crippen molar-refractivity contribution in [3.63, 3.8) is 0 Å². The Bertz CT molecular complexity index is 198. The molecule has 0 radical (unpaired) electrons. The normalized spacial score (nSPS) is 12.9. The van der Waals surface area contributed by atoms with Gasteiger partial charge >= 0.3 is 0 Å². The molecule has 0 aliphatic carbocycles. The maximum atomic E-state index is 9.46. The summed E-state index contributed by atoms with van der Waals surface area (Å²) in [5, 5.41) is 12.4. The molecule has 0 fully saturated rings. The fourth-order valence-electron chi connectivity index (χ4n) is 0.986. The highest BCUT2D eigenvalue weighted by atomic mass is 16.3. The summed E-state index contributed by atoms with van der Waals surface area (Å²) in [6, 6.07) is 9.63. The van der Waals surface area contributed by atoms with E-state index in [0.29, 0.717) is 6.54 Å². The van der Waals surface area contributed by atoms with Crippen LogP contribution in [0.5, 0.6) is 0 Å². The summed E-state index contributed by atoms with van der Waals surface area (Å²) in [6.07, 6.45) is -0.388. The number of nitrogens with one attached hydrogen (secondary N) is 1. The number of aliphatic hydroxyl groups is 1. The third kappa shape index (κ3) is 2.33. The Hall–Kier alpha value is -0.860. The topological polar surface area (TPSA) is 32.3 Å². The van der Waals surface area contributed by atoms with Crippen molar-refractivity contribution in [1.82, 2.24) is 5.32 Å². The van der Waals surface area contributed by atoms with Crippen LogP contribution < -0.4 is 5.32 Å². The van der Waals surface area contributed by atoms with E-state index in [0.717, 1.165) is 5.56 Å². The van der Waals surface area contributed by atoms with E-state index in [9.17, 15) is 5.11 Å². The monoisotopic (exact) mass is 151 g/mol. The Labute approximate surface area is 66.9 Å². The summed E-state index contributed by atoms with van der Waals surface area (Å²) in [5.74, 6) is 0. The molecular formula is C9H13NO. The fraction of sp³-hybridized carbons (Fsp3) is 0.333. The van der Waals surface area contributed by atoms with E-state index in [1.165, 1.54) is 0 Å². The van der Waals surface area contributed by atoms with E-state index in [4.69, 9.17) is 0 Å². The van der Waals surface area contributed by atoms with Gasteiger partial charge in [-0.25, -0.2) is 0 Å². The van der Waals surface area contributed by atoms with Crippen molar-refractivity contribution < 1.29 is 5.11 Å². The smallest absolute Gasteiger partial charge is 0.0914 e. The van der Waals surface area contributed by atoms with E-state index >= 15 is 0 Å². The molecule has 0 heterocycles. The molecule has 0 saturated heterocycles. The number of rotatable bonds is 3. The lowest BCUT2D eigenvalue weighted by Gasteiger charge is -2.08. The molecule has 0 amide bonds. The first kappa shape index (κ1) is 8.24. The Morgan fingerprint density at radius 1 is 1.36 bits per heavy atom. The SMILES string of the molecule is CNC[C@H](O)c1ccccc1. The number of benzene rings is 1. The molecule has 0 aliphatic heterocycles. The Morgan fingerprint density at radius 3 is 2.55 bits per heavy atom. The van der Waals surface area contributed by atoms with Gasteiger partial charge in [0.2, 0.25) is 0 Å². The molecule has 60 valence electrons. The highest BCUT2D eigenvalue weighted by Gasteiger charge is 2.03. The highest BCUT2D eigenvalue weighted by Crippen LogP contribution is 2.09. The Kier molecular flexibility index (Phi) is 3.08. The van der Waals surface area contributed by atoms with Crippen molar-refractivity contribution in [1.29, 1.82) is 0 Å². The zero-order valence-electron chi connectivity index (χ0n) is 6.62. The van der Waals surface area contributed by atoms with Crippen LogP contribution in [0.15, 0.2) is 30.3 Å². The Morgan fingerprint density at radius 2 is 2.00 bits per heavy atom. The predicted molar refractivity (Wildman–Crippen MR) is 45.3 cm³/mol.